The second kappa shape index (κ2) is 10.8. The number of hydrogen-bond donors (Lipinski definition) is 0. The van der Waals surface area contributed by atoms with E-state index in [0.29, 0.717) is 12.5 Å². The third-order valence-corrected chi connectivity index (χ3v) is 2.74. The summed E-state index contributed by atoms with van der Waals surface area (Å²) in [6, 6.07) is 0. The molecule has 1 atom stereocenters. The molecular weight excluding hydrogens is 244 g/mol. The van der Waals surface area contributed by atoms with Crippen LogP contribution in [-0.4, -0.2) is 24.6 Å². The minimum atomic E-state index is -0.327. The van der Waals surface area contributed by atoms with Crippen LogP contribution in [0.25, 0.3) is 0 Å². The van der Waals surface area contributed by atoms with Gasteiger partial charge in [0.2, 0.25) is 0 Å². The van der Waals surface area contributed by atoms with Gasteiger partial charge in [0.05, 0.1) is 19.4 Å². The van der Waals surface area contributed by atoms with Gasteiger partial charge in [-0.3, -0.25) is 9.59 Å². The average molecular weight is 272 g/mol. The Bertz CT molecular complexity index is 261. The van der Waals surface area contributed by atoms with Gasteiger partial charge in [-0.25, -0.2) is 0 Å². The fourth-order valence-corrected chi connectivity index (χ4v) is 1.56. The summed E-state index contributed by atoms with van der Waals surface area (Å²) in [7, 11) is 0. The summed E-state index contributed by atoms with van der Waals surface area (Å²) < 4.78 is 10.3. The fourth-order valence-electron chi connectivity index (χ4n) is 1.56. The highest BCUT2D eigenvalue weighted by Gasteiger charge is 2.14. The molecule has 0 amide bonds. The van der Waals surface area contributed by atoms with Crippen molar-refractivity contribution in [2.24, 2.45) is 5.92 Å². The minimum Gasteiger partial charge on any atom is -0.465 e. The van der Waals surface area contributed by atoms with E-state index in [2.05, 4.69) is 6.92 Å². The molecule has 4 heteroatoms. The van der Waals surface area contributed by atoms with E-state index in [0.717, 1.165) is 25.7 Å². The number of carbonyl (C=O) groups is 2. The summed E-state index contributed by atoms with van der Waals surface area (Å²) in [5, 5.41) is 0. The van der Waals surface area contributed by atoms with Crippen molar-refractivity contribution in [2.75, 3.05) is 6.61 Å². The third kappa shape index (κ3) is 10.5. The predicted octanol–water partition coefficient (Wildman–Crippen LogP) is 3.48. The monoisotopic (exact) mass is 272 g/mol. The normalized spacial score (nSPS) is 12.3. The zero-order valence-corrected chi connectivity index (χ0v) is 12.7. The second-order valence-corrected chi connectivity index (χ2v) is 5.24. The summed E-state index contributed by atoms with van der Waals surface area (Å²) in [5.74, 6) is -0.314. The molecule has 0 heterocycles. The topological polar surface area (TPSA) is 52.6 Å². The van der Waals surface area contributed by atoms with Gasteiger partial charge in [0, 0.05) is 0 Å². The first-order chi connectivity index (χ1) is 8.99. The summed E-state index contributed by atoms with van der Waals surface area (Å²) in [5.41, 5.74) is 0. The number of ether oxygens (including phenoxy) is 2. The van der Waals surface area contributed by atoms with Crippen LogP contribution in [0.3, 0.4) is 0 Å². The lowest BCUT2D eigenvalue weighted by atomic mass is 10.1. The zero-order chi connectivity index (χ0) is 14.7. The lowest BCUT2D eigenvalue weighted by Gasteiger charge is -2.15. The van der Waals surface area contributed by atoms with Gasteiger partial charge in [-0.1, -0.05) is 40.5 Å². The first-order valence-corrected chi connectivity index (χ1v) is 7.34. The molecule has 0 aromatic carbocycles. The van der Waals surface area contributed by atoms with Crippen LogP contribution in [0.5, 0.6) is 0 Å². The second-order valence-electron chi connectivity index (χ2n) is 5.24. The van der Waals surface area contributed by atoms with Gasteiger partial charge in [0.1, 0.15) is 6.10 Å². The molecule has 0 rings (SSSR count). The molecule has 0 fully saturated rings. The molecule has 112 valence electrons. The van der Waals surface area contributed by atoms with Gasteiger partial charge >= 0.3 is 11.9 Å². The lowest BCUT2D eigenvalue weighted by Crippen LogP contribution is -2.19. The maximum absolute atomic E-state index is 11.6. The highest BCUT2D eigenvalue weighted by atomic mass is 16.5. The van der Waals surface area contributed by atoms with Crippen LogP contribution >= 0.6 is 0 Å². The Morgan fingerprint density at radius 1 is 1.05 bits per heavy atom. The molecular formula is C15H28O4. The highest BCUT2D eigenvalue weighted by molar-refractivity contribution is 5.77. The van der Waals surface area contributed by atoms with Crippen molar-refractivity contribution >= 4 is 11.9 Å². The average Bonchev–Trinajstić information content (AvgIpc) is 2.38. The zero-order valence-electron chi connectivity index (χ0n) is 12.7. The van der Waals surface area contributed by atoms with Crippen molar-refractivity contribution in [3.8, 4) is 0 Å². The van der Waals surface area contributed by atoms with Gasteiger partial charge < -0.3 is 9.47 Å². The van der Waals surface area contributed by atoms with E-state index in [1.807, 2.05) is 20.8 Å². The van der Waals surface area contributed by atoms with Crippen LogP contribution in [-0.2, 0) is 19.1 Å². The van der Waals surface area contributed by atoms with Crippen molar-refractivity contribution in [3.05, 3.63) is 0 Å². The van der Waals surface area contributed by atoms with E-state index in [9.17, 15) is 9.59 Å². The molecule has 19 heavy (non-hydrogen) atoms. The summed E-state index contributed by atoms with van der Waals surface area (Å²) in [4.78, 5) is 22.9. The van der Waals surface area contributed by atoms with Gasteiger partial charge in [-0.2, -0.15) is 0 Å². The molecule has 0 aliphatic rings. The molecule has 0 radical (unpaired) electrons. The Kier molecular flexibility index (Phi) is 10.2. The largest absolute Gasteiger partial charge is 0.465 e. The van der Waals surface area contributed by atoms with Crippen LogP contribution in [0.2, 0.25) is 0 Å². The SMILES string of the molecule is CCCCC(CC)OC(=O)CCC(=O)OCC(C)C. The van der Waals surface area contributed by atoms with Crippen molar-refractivity contribution in [2.45, 2.75) is 72.3 Å². The molecule has 0 aromatic heterocycles. The van der Waals surface area contributed by atoms with E-state index in [1.165, 1.54) is 0 Å². The molecule has 0 aliphatic heterocycles. The Morgan fingerprint density at radius 3 is 2.21 bits per heavy atom. The predicted molar refractivity (Wildman–Crippen MR) is 74.7 cm³/mol. The fraction of sp³-hybridized carbons (Fsp3) is 0.867. The number of unbranched alkanes of at least 4 members (excludes halogenated alkanes) is 1. The minimum absolute atomic E-state index is 0.0147. The van der Waals surface area contributed by atoms with Crippen LogP contribution in [0.15, 0.2) is 0 Å². The Hall–Kier alpha value is -1.06. The quantitative estimate of drug-likeness (QED) is 0.571. The van der Waals surface area contributed by atoms with Crippen LogP contribution < -0.4 is 0 Å². The van der Waals surface area contributed by atoms with Gasteiger partial charge in [-0.15, -0.1) is 0 Å². The standard InChI is InChI=1S/C15H28O4/c1-5-7-8-13(6-2)19-15(17)10-9-14(16)18-11-12(3)4/h12-13H,5-11H2,1-4H3. The van der Waals surface area contributed by atoms with Crippen molar-refractivity contribution < 1.29 is 19.1 Å². The molecule has 0 saturated heterocycles. The van der Waals surface area contributed by atoms with Crippen LogP contribution in [0, 0.1) is 5.92 Å². The molecule has 4 nitrogen and oxygen atoms in total. The lowest BCUT2D eigenvalue weighted by molar-refractivity contribution is -0.154. The van der Waals surface area contributed by atoms with E-state index >= 15 is 0 Å². The molecule has 0 aliphatic carbocycles. The maximum atomic E-state index is 11.6. The third-order valence-electron chi connectivity index (χ3n) is 2.74. The number of carbonyl (C=O) groups excluding carboxylic acids is 2. The summed E-state index contributed by atoms with van der Waals surface area (Å²) >= 11 is 0. The van der Waals surface area contributed by atoms with E-state index in [-0.39, 0.29) is 30.9 Å². The highest BCUT2D eigenvalue weighted by Crippen LogP contribution is 2.10. The Balaban J connectivity index is 3.80. The first kappa shape index (κ1) is 17.9. The molecule has 0 spiro atoms. The van der Waals surface area contributed by atoms with Crippen molar-refractivity contribution in [1.82, 2.24) is 0 Å². The summed E-state index contributed by atoms with van der Waals surface area (Å²) in [6.07, 6.45) is 4.08. The number of hydrogen-bond acceptors (Lipinski definition) is 4. The van der Waals surface area contributed by atoms with Gasteiger partial charge in [-0.05, 0) is 18.8 Å². The molecule has 1 unspecified atom stereocenters. The maximum Gasteiger partial charge on any atom is 0.306 e. The molecule has 0 bridgehead atoms. The first-order valence-electron chi connectivity index (χ1n) is 7.34. The van der Waals surface area contributed by atoms with E-state index < -0.39 is 0 Å². The van der Waals surface area contributed by atoms with Gasteiger partial charge in [0.25, 0.3) is 0 Å². The smallest absolute Gasteiger partial charge is 0.306 e. The van der Waals surface area contributed by atoms with Crippen molar-refractivity contribution in [3.63, 3.8) is 0 Å². The van der Waals surface area contributed by atoms with Crippen LogP contribution in [0.4, 0.5) is 0 Å². The molecule has 0 N–H and O–H groups in total. The Labute approximate surface area is 116 Å². The molecule has 0 saturated carbocycles. The van der Waals surface area contributed by atoms with Crippen molar-refractivity contribution in [1.29, 1.82) is 0 Å². The van der Waals surface area contributed by atoms with E-state index in [1.54, 1.807) is 0 Å². The number of rotatable bonds is 10. The van der Waals surface area contributed by atoms with E-state index in [4.69, 9.17) is 9.47 Å². The summed E-state index contributed by atoms with van der Waals surface area (Å²) in [6.45, 7) is 8.47. The van der Waals surface area contributed by atoms with Crippen LogP contribution in [0.1, 0.15) is 66.2 Å². The van der Waals surface area contributed by atoms with Gasteiger partial charge in [0.15, 0.2) is 0 Å². The molecule has 0 aromatic rings. The number of esters is 2. The Morgan fingerprint density at radius 2 is 1.68 bits per heavy atom.